The molecule has 0 aromatic rings. The van der Waals surface area contributed by atoms with Gasteiger partial charge < -0.3 is 4.84 Å². The molecule has 0 aliphatic rings. The summed E-state index contributed by atoms with van der Waals surface area (Å²) in [6, 6.07) is 0. The van der Waals surface area contributed by atoms with E-state index in [1.54, 1.807) is 7.11 Å². The molecule has 0 bridgehead atoms. The monoisotopic (exact) mass is 121 g/mol. The highest BCUT2D eigenvalue weighted by Crippen LogP contribution is 1.68. The fourth-order valence-electron chi connectivity index (χ4n) is 0.269. The van der Waals surface area contributed by atoms with Crippen LogP contribution in [0.3, 0.4) is 0 Å². The van der Waals surface area contributed by atoms with E-state index in [1.807, 2.05) is 0 Å². The molecule has 0 spiro atoms. The molecule has 4 heteroatoms. The van der Waals surface area contributed by atoms with Crippen LogP contribution in [0, 0.1) is 0 Å². The van der Waals surface area contributed by atoms with Crippen LogP contribution in [-0.4, -0.2) is 27.4 Å². The fourth-order valence-corrected chi connectivity index (χ4v) is 0.269. The molecule has 0 amide bonds. The van der Waals surface area contributed by atoms with Crippen LogP contribution in [0.4, 0.5) is 0 Å². The predicted molar refractivity (Wildman–Crippen MR) is 28.0 cm³/mol. The van der Waals surface area contributed by atoms with Crippen LogP contribution in [0.5, 0.6) is 0 Å². The lowest BCUT2D eigenvalue weighted by molar-refractivity contribution is -0.272. The van der Waals surface area contributed by atoms with Crippen molar-refractivity contribution in [2.75, 3.05) is 27.4 Å². The van der Waals surface area contributed by atoms with Crippen molar-refractivity contribution in [3.8, 4) is 0 Å². The Morgan fingerprint density at radius 2 is 2.12 bits per heavy atom. The molecule has 0 saturated heterocycles. The summed E-state index contributed by atoms with van der Waals surface area (Å²) in [6.07, 6.45) is 0. The van der Waals surface area contributed by atoms with E-state index in [0.29, 0.717) is 13.2 Å². The second-order valence-corrected chi connectivity index (χ2v) is 1.09. The van der Waals surface area contributed by atoms with Gasteiger partial charge in [0, 0.05) is 6.54 Å². The SMILES string of the molecule is CONCCOOC. The second kappa shape index (κ2) is 6.84. The van der Waals surface area contributed by atoms with Gasteiger partial charge in [0.1, 0.15) is 0 Å². The zero-order valence-corrected chi connectivity index (χ0v) is 5.14. The van der Waals surface area contributed by atoms with Crippen LogP contribution < -0.4 is 5.48 Å². The number of rotatable bonds is 5. The van der Waals surface area contributed by atoms with Gasteiger partial charge in [0.2, 0.25) is 0 Å². The molecule has 0 aromatic carbocycles. The molecule has 1 N–H and O–H groups in total. The van der Waals surface area contributed by atoms with Crippen molar-refractivity contribution < 1.29 is 14.6 Å². The Morgan fingerprint density at radius 3 is 2.62 bits per heavy atom. The lowest BCUT2D eigenvalue weighted by Crippen LogP contribution is -2.17. The first kappa shape index (κ1) is 7.84. The Labute approximate surface area is 48.6 Å². The molecular weight excluding hydrogens is 110 g/mol. The fraction of sp³-hybridized carbons (Fsp3) is 1.00. The van der Waals surface area contributed by atoms with E-state index in [1.165, 1.54) is 7.11 Å². The zero-order chi connectivity index (χ0) is 6.24. The summed E-state index contributed by atoms with van der Waals surface area (Å²) in [4.78, 5) is 13.3. The van der Waals surface area contributed by atoms with Crippen LogP contribution in [0.2, 0.25) is 0 Å². The van der Waals surface area contributed by atoms with Gasteiger partial charge in [-0.25, -0.2) is 15.3 Å². The van der Waals surface area contributed by atoms with E-state index in [-0.39, 0.29) is 0 Å². The molecule has 0 rings (SSSR count). The molecule has 4 nitrogen and oxygen atoms in total. The van der Waals surface area contributed by atoms with E-state index in [9.17, 15) is 0 Å². The van der Waals surface area contributed by atoms with Crippen LogP contribution in [0.25, 0.3) is 0 Å². The quantitative estimate of drug-likeness (QED) is 0.308. The smallest absolute Gasteiger partial charge is 0.0969 e. The van der Waals surface area contributed by atoms with Gasteiger partial charge in [-0.3, -0.25) is 0 Å². The van der Waals surface area contributed by atoms with Gasteiger partial charge in [0.05, 0.1) is 20.8 Å². The molecule has 50 valence electrons. The summed E-state index contributed by atoms with van der Waals surface area (Å²) in [5, 5.41) is 0. The lowest BCUT2D eigenvalue weighted by Gasteiger charge is -1.98. The Morgan fingerprint density at radius 1 is 1.38 bits per heavy atom. The Balaban J connectivity index is 2.53. The van der Waals surface area contributed by atoms with E-state index >= 15 is 0 Å². The molecular formula is C4H11NO3. The summed E-state index contributed by atoms with van der Waals surface area (Å²) >= 11 is 0. The first-order valence-electron chi connectivity index (χ1n) is 2.33. The van der Waals surface area contributed by atoms with Gasteiger partial charge in [0.15, 0.2) is 0 Å². The largest absolute Gasteiger partial charge is 0.305 e. The maximum atomic E-state index is 4.50. The average Bonchev–Trinajstić information content (AvgIpc) is 1.81. The van der Waals surface area contributed by atoms with Gasteiger partial charge in [0.25, 0.3) is 0 Å². The maximum Gasteiger partial charge on any atom is 0.0969 e. The predicted octanol–water partition coefficient (Wildman–Crippen LogP) is -0.285. The molecule has 0 radical (unpaired) electrons. The first-order chi connectivity index (χ1) is 3.91. The van der Waals surface area contributed by atoms with Crippen LogP contribution in [-0.2, 0) is 14.6 Å². The summed E-state index contributed by atoms with van der Waals surface area (Å²) in [5.74, 6) is 0. The van der Waals surface area contributed by atoms with Crippen LogP contribution >= 0.6 is 0 Å². The van der Waals surface area contributed by atoms with Crippen molar-refractivity contribution in [1.29, 1.82) is 0 Å². The standard InChI is InChI=1S/C4H11NO3/c1-6-5-3-4-8-7-2/h5H,3-4H2,1-2H3. The summed E-state index contributed by atoms with van der Waals surface area (Å²) < 4.78 is 0. The van der Waals surface area contributed by atoms with Gasteiger partial charge in [-0.2, -0.15) is 0 Å². The molecule has 0 saturated carbocycles. The minimum absolute atomic E-state index is 0.490. The van der Waals surface area contributed by atoms with Crippen molar-refractivity contribution in [3.63, 3.8) is 0 Å². The van der Waals surface area contributed by atoms with Gasteiger partial charge >= 0.3 is 0 Å². The maximum absolute atomic E-state index is 4.50. The number of hydrogen-bond donors (Lipinski definition) is 1. The van der Waals surface area contributed by atoms with Crippen molar-refractivity contribution >= 4 is 0 Å². The Hall–Kier alpha value is -0.160. The van der Waals surface area contributed by atoms with E-state index in [0.717, 1.165) is 0 Å². The van der Waals surface area contributed by atoms with Gasteiger partial charge in [-0.1, -0.05) is 0 Å². The highest BCUT2D eigenvalue weighted by molar-refractivity contribution is 4.24. The van der Waals surface area contributed by atoms with E-state index < -0.39 is 0 Å². The van der Waals surface area contributed by atoms with Crippen molar-refractivity contribution in [2.24, 2.45) is 0 Å². The molecule has 0 aliphatic carbocycles. The molecule has 0 unspecified atom stereocenters. The number of hydroxylamine groups is 1. The van der Waals surface area contributed by atoms with Crippen molar-refractivity contribution in [2.45, 2.75) is 0 Å². The highest BCUT2D eigenvalue weighted by atomic mass is 17.2. The normalized spacial score (nSPS) is 9.75. The third-order valence-corrected chi connectivity index (χ3v) is 0.550. The highest BCUT2D eigenvalue weighted by Gasteiger charge is 1.81. The molecule has 0 aliphatic heterocycles. The van der Waals surface area contributed by atoms with Crippen molar-refractivity contribution in [3.05, 3.63) is 0 Å². The minimum Gasteiger partial charge on any atom is -0.305 e. The molecule has 0 fully saturated rings. The van der Waals surface area contributed by atoms with Gasteiger partial charge in [-0.05, 0) is 0 Å². The third kappa shape index (κ3) is 5.84. The number of nitrogens with one attached hydrogen (secondary N) is 1. The van der Waals surface area contributed by atoms with Crippen LogP contribution in [0.15, 0.2) is 0 Å². The summed E-state index contributed by atoms with van der Waals surface area (Å²) in [5.41, 5.74) is 2.58. The topological polar surface area (TPSA) is 39.7 Å². The van der Waals surface area contributed by atoms with E-state index in [2.05, 4.69) is 20.1 Å². The van der Waals surface area contributed by atoms with Gasteiger partial charge in [-0.15, -0.1) is 0 Å². The molecule has 0 heterocycles. The molecule has 0 aromatic heterocycles. The van der Waals surface area contributed by atoms with Crippen molar-refractivity contribution in [1.82, 2.24) is 5.48 Å². The summed E-state index contributed by atoms with van der Waals surface area (Å²) in [7, 11) is 3.01. The van der Waals surface area contributed by atoms with E-state index in [4.69, 9.17) is 0 Å². The first-order valence-corrected chi connectivity index (χ1v) is 2.33. The third-order valence-electron chi connectivity index (χ3n) is 0.550. The summed E-state index contributed by atoms with van der Waals surface area (Å²) in [6.45, 7) is 1.12. The Bertz CT molecular complexity index is 36.3. The zero-order valence-electron chi connectivity index (χ0n) is 5.14. The average molecular weight is 121 g/mol. The second-order valence-electron chi connectivity index (χ2n) is 1.09. The minimum atomic E-state index is 0.490. The molecule has 8 heavy (non-hydrogen) atoms. The van der Waals surface area contributed by atoms with Crippen LogP contribution in [0.1, 0.15) is 0 Å². The lowest BCUT2D eigenvalue weighted by atomic mass is 10.7. The Kier molecular flexibility index (Phi) is 6.70. The molecule has 0 atom stereocenters. The number of hydrogen-bond acceptors (Lipinski definition) is 4.